The van der Waals surface area contributed by atoms with E-state index >= 15 is 0 Å². The van der Waals surface area contributed by atoms with Gasteiger partial charge in [0.05, 0.1) is 24.5 Å². The van der Waals surface area contributed by atoms with Gasteiger partial charge in [0, 0.05) is 6.07 Å². The number of phenolic OH excluding ortho intramolecular Hbond substituents is 1. The highest BCUT2D eigenvalue weighted by atomic mass is 16.5. The fraction of sp³-hybridized carbons (Fsp3) is 0.421. The van der Waals surface area contributed by atoms with Crippen LogP contribution < -0.4 is 4.74 Å². The molecule has 6 heteroatoms. The summed E-state index contributed by atoms with van der Waals surface area (Å²) < 4.78 is 5.00. The number of allylic oxidation sites excluding steroid dienone is 2. The van der Waals surface area contributed by atoms with Crippen molar-refractivity contribution in [2.45, 2.75) is 6.42 Å². The Morgan fingerprint density at radius 2 is 1.72 bits per heavy atom. The molecule has 5 aliphatic rings. The van der Waals surface area contributed by atoms with E-state index in [0.717, 1.165) is 11.3 Å². The van der Waals surface area contributed by atoms with Crippen molar-refractivity contribution in [3.8, 4) is 11.5 Å². The number of imide groups is 3. The minimum Gasteiger partial charge on any atom is -0.507 e. The van der Waals surface area contributed by atoms with Crippen molar-refractivity contribution < 1.29 is 24.2 Å². The topological polar surface area (TPSA) is 83.9 Å². The van der Waals surface area contributed by atoms with E-state index in [1.165, 1.54) is 25.3 Å². The molecule has 1 N–H and O–H groups in total. The van der Waals surface area contributed by atoms with E-state index < -0.39 is 29.6 Å². The van der Waals surface area contributed by atoms with Crippen LogP contribution in [0.3, 0.4) is 0 Å². The third kappa shape index (κ3) is 1.77. The lowest BCUT2D eigenvalue weighted by Crippen LogP contribution is -2.40. The molecule has 0 aromatic heterocycles. The number of phenols is 1. The summed E-state index contributed by atoms with van der Waals surface area (Å²) in [5.41, 5.74) is -0.0633. The van der Waals surface area contributed by atoms with E-state index in [1.807, 2.05) is 0 Å². The highest BCUT2D eigenvalue weighted by molar-refractivity contribution is 6.22. The van der Waals surface area contributed by atoms with Gasteiger partial charge in [0.25, 0.3) is 5.91 Å². The number of methoxy groups -OCH3 is 1. The molecule has 1 aromatic rings. The van der Waals surface area contributed by atoms with Crippen LogP contribution in [0.4, 0.5) is 0 Å². The van der Waals surface area contributed by atoms with Crippen LogP contribution in [0.5, 0.6) is 11.5 Å². The lowest BCUT2D eigenvalue weighted by molar-refractivity contribution is -0.136. The van der Waals surface area contributed by atoms with E-state index in [-0.39, 0.29) is 23.1 Å². The standard InChI is InChI=1S/C19H17NO5/c1-25-8-2-3-11(14(21)6-8)17(22)20-18(23)15-9-4-5-10(13-7-12(9)13)16(15)19(20)24/h2-6,9-10,12-13,15-16,21H,7H2,1H3/t9-,10-,12-,13-,15+,16+/m0/s1. The summed E-state index contributed by atoms with van der Waals surface area (Å²) in [5.74, 6) is -1.23. The number of likely N-dealkylation sites (tertiary alicyclic amines) is 1. The van der Waals surface area contributed by atoms with E-state index in [4.69, 9.17) is 4.74 Å². The number of hydrogen-bond donors (Lipinski definition) is 1. The third-order valence-corrected chi connectivity index (χ3v) is 6.30. The van der Waals surface area contributed by atoms with Gasteiger partial charge in [-0.3, -0.25) is 14.4 Å². The Balaban J connectivity index is 1.51. The lowest BCUT2D eigenvalue weighted by Gasteiger charge is -2.37. The Labute approximate surface area is 144 Å². The molecule has 3 amide bonds. The van der Waals surface area contributed by atoms with Crippen molar-refractivity contribution in [2.24, 2.45) is 35.5 Å². The molecule has 4 aliphatic carbocycles. The van der Waals surface area contributed by atoms with Gasteiger partial charge in [-0.05, 0) is 42.2 Å². The number of nitrogens with zero attached hydrogens (tertiary/aromatic N) is 1. The molecule has 0 radical (unpaired) electrons. The van der Waals surface area contributed by atoms with Crippen molar-refractivity contribution in [3.05, 3.63) is 35.9 Å². The number of aromatic hydroxyl groups is 1. The Morgan fingerprint density at radius 3 is 2.24 bits per heavy atom. The molecule has 1 saturated heterocycles. The minimum atomic E-state index is -0.752. The van der Waals surface area contributed by atoms with Crippen LogP contribution in [0.1, 0.15) is 16.8 Å². The molecule has 1 heterocycles. The first kappa shape index (κ1) is 14.7. The van der Waals surface area contributed by atoms with Crippen LogP contribution in [-0.2, 0) is 9.59 Å². The van der Waals surface area contributed by atoms with E-state index in [0.29, 0.717) is 17.6 Å². The monoisotopic (exact) mass is 339 g/mol. The quantitative estimate of drug-likeness (QED) is 0.653. The highest BCUT2D eigenvalue weighted by Gasteiger charge is 2.67. The molecular weight excluding hydrogens is 322 g/mol. The largest absolute Gasteiger partial charge is 0.507 e. The number of ether oxygens (including phenoxy) is 1. The summed E-state index contributed by atoms with van der Waals surface area (Å²) >= 11 is 0. The Morgan fingerprint density at radius 1 is 1.12 bits per heavy atom. The number of amides is 3. The molecule has 6 atom stereocenters. The number of carbonyl (C=O) groups is 3. The third-order valence-electron chi connectivity index (χ3n) is 6.30. The molecule has 2 bridgehead atoms. The molecule has 3 fully saturated rings. The second kappa shape index (κ2) is 4.71. The van der Waals surface area contributed by atoms with E-state index in [9.17, 15) is 19.5 Å². The van der Waals surface area contributed by atoms with Gasteiger partial charge in [-0.15, -0.1) is 0 Å². The van der Waals surface area contributed by atoms with Crippen LogP contribution in [-0.4, -0.2) is 34.8 Å². The summed E-state index contributed by atoms with van der Waals surface area (Å²) in [6.07, 6.45) is 5.19. The number of hydrogen-bond acceptors (Lipinski definition) is 5. The average molecular weight is 339 g/mol. The molecular formula is C19H17NO5. The average Bonchev–Trinajstić information content (AvgIpc) is 3.38. The fourth-order valence-corrected chi connectivity index (χ4v) is 5.10. The first-order valence-electron chi connectivity index (χ1n) is 8.50. The smallest absolute Gasteiger partial charge is 0.271 e. The molecule has 6 nitrogen and oxygen atoms in total. The van der Waals surface area contributed by atoms with Gasteiger partial charge in [0.15, 0.2) is 0 Å². The van der Waals surface area contributed by atoms with Gasteiger partial charge < -0.3 is 9.84 Å². The molecule has 1 aliphatic heterocycles. The maximum Gasteiger partial charge on any atom is 0.271 e. The maximum absolute atomic E-state index is 12.9. The second-order valence-electron chi connectivity index (χ2n) is 7.35. The zero-order chi connectivity index (χ0) is 17.5. The molecule has 0 unspecified atom stereocenters. The fourth-order valence-electron chi connectivity index (χ4n) is 5.10. The summed E-state index contributed by atoms with van der Waals surface area (Å²) in [4.78, 5) is 39.4. The lowest BCUT2D eigenvalue weighted by atomic mass is 9.63. The predicted octanol–water partition coefficient (Wildman–Crippen LogP) is 1.59. The number of benzene rings is 1. The van der Waals surface area contributed by atoms with Crippen molar-refractivity contribution in [3.63, 3.8) is 0 Å². The second-order valence-corrected chi connectivity index (χ2v) is 7.35. The molecule has 128 valence electrons. The van der Waals surface area contributed by atoms with Crippen LogP contribution in [0.25, 0.3) is 0 Å². The van der Waals surface area contributed by atoms with Crippen LogP contribution in [0.15, 0.2) is 30.4 Å². The Hall–Kier alpha value is -2.63. The van der Waals surface area contributed by atoms with Crippen molar-refractivity contribution >= 4 is 17.7 Å². The summed E-state index contributed by atoms with van der Waals surface area (Å²) in [7, 11) is 1.45. The molecule has 2 saturated carbocycles. The zero-order valence-corrected chi connectivity index (χ0v) is 13.6. The molecule has 1 aromatic carbocycles. The Bertz CT molecular complexity index is 823. The van der Waals surface area contributed by atoms with Crippen molar-refractivity contribution in [1.82, 2.24) is 4.90 Å². The first-order valence-corrected chi connectivity index (χ1v) is 8.50. The van der Waals surface area contributed by atoms with Crippen molar-refractivity contribution in [2.75, 3.05) is 7.11 Å². The molecule has 0 spiro atoms. The van der Waals surface area contributed by atoms with Gasteiger partial charge in [-0.1, -0.05) is 12.2 Å². The van der Waals surface area contributed by atoms with E-state index in [2.05, 4.69) is 12.2 Å². The van der Waals surface area contributed by atoms with Gasteiger partial charge >= 0.3 is 0 Å². The first-order chi connectivity index (χ1) is 12.0. The van der Waals surface area contributed by atoms with Crippen LogP contribution in [0, 0.1) is 35.5 Å². The SMILES string of the molecule is COc1ccc(C(=O)N2C(=O)[C@@H]3[C@H]4C=C[C@@H]([C@@H]5C[C@@H]45)[C@H]3C2=O)c(O)c1. The summed E-state index contributed by atoms with van der Waals surface area (Å²) in [6, 6.07) is 4.20. The van der Waals surface area contributed by atoms with Gasteiger partial charge in [0.1, 0.15) is 11.5 Å². The van der Waals surface area contributed by atoms with Crippen molar-refractivity contribution in [1.29, 1.82) is 0 Å². The number of carbonyl (C=O) groups excluding carboxylic acids is 3. The summed E-state index contributed by atoms with van der Waals surface area (Å²) in [5, 5.41) is 10.1. The number of rotatable bonds is 2. The Kier molecular flexibility index (Phi) is 2.77. The summed E-state index contributed by atoms with van der Waals surface area (Å²) in [6.45, 7) is 0. The highest BCUT2D eigenvalue weighted by Crippen LogP contribution is 2.65. The van der Waals surface area contributed by atoms with E-state index in [1.54, 1.807) is 0 Å². The normalized spacial score (nSPS) is 37.1. The molecule has 6 rings (SSSR count). The zero-order valence-electron chi connectivity index (χ0n) is 13.6. The van der Waals surface area contributed by atoms with Crippen LogP contribution >= 0.6 is 0 Å². The van der Waals surface area contributed by atoms with Gasteiger partial charge in [-0.2, -0.15) is 0 Å². The maximum atomic E-state index is 12.9. The van der Waals surface area contributed by atoms with Gasteiger partial charge in [0.2, 0.25) is 11.8 Å². The molecule has 25 heavy (non-hydrogen) atoms. The predicted molar refractivity (Wildman–Crippen MR) is 85.5 cm³/mol. The van der Waals surface area contributed by atoms with Gasteiger partial charge in [-0.25, -0.2) is 4.90 Å². The minimum absolute atomic E-state index is 0.0633. The van der Waals surface area contributed by atoms with Crippen LogP contribution in [0.2, 0.25) is 0 Å².